The van der Waals surface area contributed by atoms with E-state index in [-0.39, 0.29) is 30.9 Å². The van der Waals surface area contributed by atoms with Crippen LogP contribution >= 0.6 is 12.4 Å². The summed E-state index contributed by atoms with van der Waals surface area (Å²) in [5, 5.41) is 9.45. The molecule has 2 aliphatic heterocycles. The summed E-state index contributed by atoms with van der Waals surface area (Å²) in [5.41, 5.74) is 0.941. The van der Waals surface area contributed by atoms with Gasteiger partial charge in [0.1, 0.15) is 17.5 Å². The zero-order valence-electron chi connectivity index (χ0n) is 16.4. The van der Waals surface area contributed by atoms with Gasteiger partial charge in [-0.1, -0.05) is 6.42 Å². The number of carbonyl (C=O) groups excluding carboxylic acids is 1. The summed E-state index contributed by atoms with van der Waals surface area (Å²) < 4.78 is 10.8. The molecule has 8 heteroatoms. The van der Waals surface area contributed by atoms with E-state index in [0.29, 0.717) is 19.5 Å². The summed E-state index contributed by atoms with van der Waals surface area (Å²) in [5.74, 6) is 0.611. The van der Waals surface area contributed by atoms with Gasteiger partial charge in [-0.05, 0) is 50.4 Å². The molecule has 0 radical (unpaired) electrons. The van der Waals surface area contributed by atoms with Gasteiger partial charge >= 0.3 is 5.97 Å². The molecular formula is C20H29ClN2O5. The lowest BCUT2D eigenvalue weighted by Gasteiger charge is -2.34. The van der Waals surface area contributed by atoms with E-state index in [4.69, 9.17) is 9.47 Å². The van der Waals surface area contributed by atoms with Crippen LogP contribution in [0.2, 0.25) is 0 Å². The van der Waals surface area contributed by atoms with Gasteiger partial charge in [0.05, 0.1) is 26.8 Å². The van der Waals surface area contributed by atoms with Crippen LogP contribution in [0.25, 0.3) is 0 Å². The van der Waals surface area contributed by atoms with Crippen molar-refractivity contribution in [1.82, 2.24) is 9.80 Å². The molecule has 7 nitrogen and oxygen atoms in total. The van der Waals surface area contributed by atoms with Crippen molar-refractivity contribution in [3.63, 3.8) is 0 Å². The SMILES string of the molecule is COc1ccc(OC)c(C2CCCN2C(=O)CN2CCCCC2C(=O)O)c1.Cl. The first-order valence-electron chi connectivity index (χ1n) is 9.53. The van der Waals surface area contributed by atoms with Crippen molar-refractivity contribution in [2.45, 2.75) is 44.2 Å². The summed E-state index contributed by atoms with van der Waals surface area (Å²) in [7, 11) is 3.24. The maximum Gasteiger partial charge on any atom is 0.320 e. The van der Waals surface area contributed by atoms with Gasteiger partial charge in [0, 0.05) is 12.1 Å². The van der Waals surface area contributed by atoms with Crippen LogP contribution in [0.15, 0.2) is 18.2 Å². The van der Waals surface area contributed by atoms with E-state index in [1.54, 1.807) is 14.2 Å². The Hall–Kier alpha value is -1.99. The molecule has 0 aliphatic carbocycles. The van der Waals surface area contributed by atoms with E-state index in [9.17, 15) is 14.7 Å². The fourth-order valence-electron chi connectivity index (χ4n) is 4.21. The van der Waals surface area contributed by atoms with Crippen molar-refractivity contribution in [1.29, 1.82) is 0 Å². The minimum absolute atomic E-state index is 0. The molecule has 2 aliphatic rings. The second kappa shape index (κ2) is 9.98. The van der Waals surface area contributed by atoms with E-state index >= 15 is 0 Å². The van der Waals surface area contributed by atoms with Gasteiger partial charge in [-0.2, -0.15) is 0 Å². The van der Waals surface area contributed by atoms with Crippen molar-refractivity contribution in [3.8, 4) is 11.5 Å². The predicted octanol–water partition coefficient (Wildman–Crippen LogP) is 2.73. The summed E-state index contributed by atoms with van der Waals surface area (Å²) in [4.78, 5) is 28.2. The third-order valence-electron chi connectivity index (χ3n) is 5.61. The summed E-state index contributed by atoms with van der Waals surface area (Å²) >= 11 is 0. The molecule has 0 bridgehead atoms. The Bertz CT molecular complexity index is 699. The van der Waals surface area contributed by atoms with Crippen LogP contribution in [-0.4, -0.2) is 66.7 Å². The van der Waals surface area contributed by atoms with Crippen molar-refractivity contribution >= 4 is 24.3 Å². The fraction of sp³-hybridized carbons (Fsp3) is 0.600. The molecule has 28 heavy (non-hydrogen) atoms. The highest BCUT2D eigenvalue weighted by molar-refractivity contribution is 5.85. The largest absolute Gasteiger partial charge is 0.497 e. The number of benzene rings is 1. The molecule has 2 fully saturated rings. The molecule has 1 amide bonds. The molecule has 0 aromatic heterocycles. The first-order valence-corrected chi connectivity index (χ1v) is 9.53. The van der Waals surface area contributed by atoms with Crippen LogP contribution in [0.1, 0.15) is 43.7 Å². The number of likely N-dealkylation sites (tertiary alicyclic amines) is 2. The Kier molecular flexibility index (Phi) is 7.95. The number of carboxylic acids is 1. The van der Waals surface area contributed by atoms with Crippen molar-refractivity contribution in [2.75, 3.05) is 33.9 Å². The quantitative estimate of drug-likeness (QED) is 0.773. The summed E-state index contributed by atoms with van der Waals surface area (Å²) in [6.45, 7) is 1.49. The number of methoxy groups -OCH3 is 2. The minimum Gasteiger partial charge on any atom is -0.497 e. The third-order valence-corrected chi connectivity index (χ3v) is 5.61. The summed E-state index contributed by atoms with van der Waals surface area (Å²) in [6.07, 6.45) is 4.21. The monoisotopic (exact) mass is 412 g/mol. The molecule has 2 heterocycles. The van der Waals surface area contributed by atoms with Crippen LogP contribution in [-0.2, 0) is 9.59 Å². The number of carboxylic acid groups (broad SMARTS) is 1. The molecule has 2 saturated heterocycles. The second-order valence-corrected chi connectivity index (χ2v) is 7.17. The predicted molar refractivity (Wildman–Crippen MR) is 107 cm³/mol. The summed E-state index contributed by atoms with van der Waals surface area (Å²) in [6, 6.07) is 5.00. The van der Waals surface area contributed by atoms with Crippen LogP contribution in [0, 0.1) is 0 Å². The smallest absolute Gasteiger partial charge is 0.320 e. The topological polar surface area (TPSA) is 79.3 Å². The number of aliphatic carboxylic acids is 1. The third kappa shape index (κ3) is 4.70. The van der Waals surface area contributed by atoms with E-state index in [1.165, 1.54) is 0 Å². The highest BCUT2D eigenvalue weighted by Gasteiger charge is 2.35. The van der Waals surface area contributed by atoms with Crippen molar-refractivity contribution in [3.05, 3.63) is 23.8 Å². The molecule has 3 rings (SSSR count). The van der Waals surface area contributed by atoms with E-state index in [0.717, 1.165) is 42.7 Å². The first kappa shape index (κ1) is 22.3. The van der Waals surface area contributed by atoms with E-state index in [1.807, 2.05) is 28.0 Å². The molecule has 2 unspecified atom stereocenters. The zero-order chi connectivity index (χ0) is 19.4. The number of piperidine rings is 1. The van der Waals surface area contributed by atoms with Gasteiger partial charge in [-0.15, -0.1) is 12.4 Å². The standard InChI is InChI=1S/C20H28N2O5.ClH/c1-26-14-8-9-18(27-2)15(12-14)16-7-5-11-22(16)19(23)13-21-10-4-3-6-17(21)20(24)25;/h8-9,12,16-17H,3-7,10-11,13H2,1-2H3,(H,24,25);1H. The molecule has 0 saturated carbocycles. The fourth-order valence-corrected chi connectivity index (χ4v) is 4.21. The average molecular weight is 413 g/mol. The molecule has 2 atom stereocenters. The van der Waals surface area contributed by atoms with E-state index in [2.05, 4.69) is 0 Å². The highest BCUT2D eigenvalue weighted by Crippen LogP contribution is 2.39. The molecule has 156 valence electrons. The molecule has 1 N–H and O–H groups in total. The Morgan fingerprint density at radius 1 is 1.11 bits per heavy atom. The van der Waals surface area contributed by atoms with Crippen LogP contribution in [0.3, 0.4) is 0 Å². The number of halogens is 1. The molecule has 1 aromatic rings. The van der Waals surface area contributed by atoms with Gasteiger partial charge in [-0.3, -0.25) is 14.5 Å². The van der Waals surface area contributed by atoms with Gasteiger partial charge in [-0.25, -0.2) is 0 Å². The lowest BCUT2D eigenvalue weighted by atomic mass is 10.0. The Labute approximate surface area is 172 Å². The lowest BCUT2D eigenvalue weighted by molar-refractivity contribution is -0.146. The average Bonchev–Trinajstić information content (AvgIpc) is 3.17. The Morgan fingerprint density at radius 3 is 2.57 bits per heavy atom. The number of hydrogen-bond acceptors (Lipinski definition) is 5. The zero-order valence-corrected chi connectivity index (χ0v) is 17.2. The number of carbonyl (C=O) groups is 2. The van der Waals surface area contributed by atoms with Gasteiger partial charge < -0.3 is 19.5 Å². The molecule has 0 spiro atoms. The normalized spacial score (nSPS) is 22.4. The first-order chi connectivity index (χ1) is 13.0. The Balaban J connectivity index is 0.00000280. The Morgan fingerprint density at radius 2 is 1.89 bits per heavy atom. The molecular weight excluding hydrogens is 384 g/mol. The maximum absolute atomic E-state index is 13.0. The molecule has 1 aromatic carbocycles. The highest BCUT2D eigenvalue weighted by atomic mass is 35.5. The van der Waals surface area contributed by atoms with E-state index < -0.39 is 12.0 Å². The second-order valence-electron chi connectivity index (χ2n) is 7.17. The van der Waals surface area contributed by atoms with Crippen LogP contribution in [0.5, 0.6) is 11.5 Å². The van der Waals surface area contributed by atoms with Crippen LogP contribution in [0.4, 0.5) is 0 Å². The number of ether oxygens (including phenoxy) is 2. The number of amides is 1. The van der Waals surface area contributed by atoms with Crippen LogP contribution < -0.4 is 9.47 Å². The van der Waals surface area contributed by atoms with Gasteiger partial charge in [0.2, 0.25) is 5.91 Å². The maximum atomic E-state index is 13.0. The number of rotatable bonds is 6. The van der Waals surface area contributed by atoms with Gasteiger partial charge in [0.25, 0.3) is 0 Å². The number of nitrogens with zero attached hydrogens (tertiary/aromatic N) is 2. The van der Waals surface area contributed by atoms with Gasteiger partial charge in [0.15, 0.2) is 0 Å². The lowest BCUT2D eigenvalue weighted by Crippen LogP contribution is -2.49. The number of hydrogen-bond donors (Lipinski definition) is 1. The van der Waals surface area contributed by atoms with Crippen molar-refractivity contribution < 1.29 is 24.2 Å². The minimum atomic E-state index is -0.838. The van der Waals surface area contributed by atoms with Crippen molar-refractivity contribution in [2.24, 2.45) is 0 Å².